The highest BCUT2D eigenvalue weighted by molar-refractivity contribution is 5.97. The van der Waals surface area contributed by atoms with Gasteiger partial charge in [0.15, 0.2) is 0 Å². The van der Waals surface area contributed by atoms with Crippen molar-refractivity contribution in [2.75, 3.05) is 13.7 Å². The predicted molar refractivity (Wildman–Crippen MR) is 74.1 cm³/mol. The van der Waals surface area contributed by atoms with Gasteiger partial charge in [-0.2, -0.15) is 0 Å². The minimum absolute atomic E-state index is 0.0275. The van der Waals surface area contributed by atoms with Crippen molar-refractivity contribution in [1.29, 1.82) is 0 Å². The average Bonchev–Trinajstić information content (AvgIpc) is 2.34. The number of ether oxygens (including phenoxy) is 1. The van der Waals surface area contributed by atoms with Crippen molar-refractivity contribution in [3.8, 4) is 0 Å². The number of nitrogens with zero attached hydrogens (tertiary/aromatic N) is 1. The first kappa shape index (κ1) is 15.2. The van der Waals surface area contributed by atoms with Crippen LogP contribution in [0.25, 0.3) is 0 Å². The minimum Gasteiger partial charge on any atom is -0.468 e. The van der Waals surface area contributed by atoms with Gasteiger partial charge >= 0.3 is 5.97 Å². The van der Waals surface area contributed by atoms with Gasteiger partial charge in [0.2, 0.25) is 0 Å². The zero-order valence-electron chi connectivity index (χ0n) is 12.2. The van der Waals surface area contributed by atoms with Crippen molar-refractivity contribution >= 4 is 11.9 Å². The Kier molecular flexibility index (Phi) is 5.10. The van der Waals surface area contributed by atoms with Crippen LogP contribution in [-0.4, -0.2) is 36.5 Å². The largest absolute Gasteiger partial charge is 0.468 e. The Hall–Kier alpha value is -1.84. The fourth-order valence-electron chi connectivity index (χ4n) is 1.90. The number of aryl methyl sites for hydroxylation is 2. The molecule has 0 saturated heterocycles. The van der Waals surface area contributed by atoms with Crippen molar-refractivity contribution in [3.05, 3.63) is 34.9 Å². The molecule has 0 aromatic heterocycles. The third-order valence-corrected chi connectivity index (χ3v) is 3.02. The maximum Gasteiger partial charge on any atom is 0.325 e. The van der Waals surface area contributed by atoms with Gasteiger partial charge in [-0.25, -0.2) is 0 Å². The third-order valence-electron chi connectivity index (χ3n) is 3.02. The second-order valence-corrected chi connectivity index (χ2v) is 4.92. The molecule has 0 spiro atoms. The van der Waals surface area contributed by atoms with Crippen molar-refractivity contribution in [2.24, 2.45) is 0 Å². The Morgan fingerprint density at radius 2 is 1.89 bits per heavy atom. The highest BCUT2D eigenvalue weighted by atomic mass is 16.5. The first-order valence-corrected chi connectivity index (χ1v) is 6.31. The molecule has 0 fully saturated rings. The third kappa shape index (κ3) is 3.81. The molecule has 0 atom stereocenters. The van der Waals surface area contributed by atoms with Crippen LogP contribution in [0.4, 0.5) is 0 Å². The summed E-state index contributed by atoms with van der Waals surface area (Å²) < 4.78 is 4.63. The molecule has 0 saturated carbocycles. The Balaban J connectivity index is 3.02. The van der Waals surface area contributed by atoms with Gasteiger partial charge in [0.25, 0.3) is 5.91 Å². The van der Waals surface area contributed by atoms with Gasteiger partial charge in [-0.05, 0) is 39.3 Å². The van der Waals surface area contributed by atoms with Gasteiger partial charge < -0.3 is 9.64 Å². The lowest BCUT2D eigenvalue weighted by atomic mass is 10.0. The zero-order valence-corrected chi connectivity index (χ0v) is 12.2. The quantitative estimate of drug-likeness (QED) is 0.783. The van der Waals surface area contributed by atoms with E-state index in [1.165, 1.54) is 12.0 Å². The van der Waals surface area contributed by atoms with Crippen molar-refractivity contribution < 1.29 is 14.3 Å². The molecule has 0 aliphatic rings. The molecular formula is C15H21NO3. The van der Waals surface area contributed by atoms with E-state index in [1.807, 2.05) is 39.8 Å². The summed E-state index contributed by atoms with van der Waals surface area (Å²) in [6, 6.07) is 5.60. The van der Waals surface area contributed by atoms with Gasteiger partial charge in [-0.3, -0.25) is 9.59 Å². The Bertz CT molecular complexity index is 480. The molecular weight excluding hydrogens is 242 g/mol. The number of carbonyl (C=O) groups is 2. The number of esters is 1. The first-order chi connectivity index (χ1) is 8.86. The number of rotatable bonds is 4. The van der Waals surface area contributed by atoms with Crippen LogP contribution in [0.3, 0.4) is 0 Å². The molecule has 1 aromatic carbocycles. The van der Waals surface area contributed by atoms with Crippen LogP contribution in [0.5, 0.6) is 0 Å². The Morgan fingerprint density at radius 1 is 1.26 bits per heavy atom. The zero-order chi connectivity index (χ0) is 14.6. The second-order valence-electron chi connectivity index (χ2n) is 4.92. The lowest BCUT2D eigenvalue weighted by molar-refractivity contribution is -0.141. The highest BCUT2D eigenvalue weighted by Crippen LogP contribution is 2.15. The van der Waals surface area contributed by atoms with E-state index in [0.717, 1.165) is 11.1 Å². The van der Waals surface area contributed by atoms with Gasteiger partial charge in [0.05, 0.1) is 7.11 Å². The van der Waals surface area contributed by atoms with Crippen LogP contribution in [0.2, 0.25) is 0 Å². The Morgan fingerprint density at radius 3 is 2.37 bits per heavy atom. The van der Waals surface area contributed by atoms with E-state index in [-0.39, 0.29) is 18.5 Å². The number of methoxy groups -OCH3 is 1. The van der Waals surface area contributed by atoms with Crippen LogP contribution in [0, 0.1) is 13.8 Å². The molecule has 1 rings (SSSR count). The van der Waals surface area contributed by atoms with E-state index in [2.05, 4.69) is 4.74 Å². The molecule has 0 aliphatic heterocycles. The van der Waals surface area contributed by atoms with E-state index < -0.39 is 5.97 Å². The van der Waals surface area contributed by atoms with Crippen molar-refractivity contribution in [3.63, 3.8) is 0 Å². The van der Waals surface area contributed by atoms with Crippen LogP contribution >= 0.6 is 0 Å². The van der Waals surface area contributed by atoms with E-state index in [0.29, 0.717) is 5.56 Å². The van der Waals surface area contributed by atoms with Crippen molar-refractivity contribution in [2.45, 2.75) is 33.7 Å². The fraction of sp³-hybridized carbons (Fsp3) is 0.467. The average molecular weight is 263 g/mol. The maximum atomic E-state index is 12.5. The second kappa shape index (κ2) is 6.36. The van der Waals surface area contributed by atoms with E-state index in [9.17, 15) is 9.59 Å². The molecule has 0 heterocycles. The fourth-order valence-corrected chi connectivity index (χ4v) is 1.90. The van der Waals surface area contributed by atoms with E-state index >= 15 is 0 Å². The lowest BCUT2D eigenvalue weighted by Gasteiger charge is -2.26. The molecule has 0 unspecified atom stereocenters. The summed E-state index contributed by atoms with van der Waals surface area (Å²) in [6.45, 7) is 7.61. The molecule has 0 aliphatic carbocycles. The van der Waals surface area contributed by atoms with Crippen LogP contribution in [-0.2, 0) is 9.53 Å². The predicted octanol–water partition coefficient (Wildman–Crippen LogP) is 2.33. The maximum absolute atomic E-state index is 12.5. The topological polar surface area (TPSA) is 46.6 Å². The number of carbonyl (C=O) groups excluding carboxylic acids is 2. The van der Waals surface area contributed by atoms with Crippen molar-refractivity contribution in [1.82, 2.24) is 4.90 Å². The smallest absolute Gasteiger partial charge is 0.325 e. The summed E-state index contributed by atoms with van der Waals surface area (Å²) in [7, 11) is 1.32. The molecule has 1 amide bonds. The van der Waals surface area contributed by atoms with E-state index in [1.54, 1.807) is 6.07 Å². The normalized spacial score (nSPS) is 10.4. The lowest BCUT2D eigenvalue weighted by Crippen LogP contribution is -2.41. The summed E-state index contributed by atoms with van der Waals surface area (Å²) in [6.07, 6.45) is 0. The SMILES string of the molecule is COC(=O)CN(C(=O)c1ccc(C)cc1C)C(C)C. The summed E-state index contributed by atoms with van der Waals surface area (Å²) >= 11 is 0. The van der Waals surface area contributed by atoms with E-state index in [4.69, 9.17) is 0 Å². The molecule has 104 valence electrons. The molecule has 4 heteroatoms. The monoisotopic (exact) mass is 263 g/mol. The number of amides is 1. The summed E-state index contributed by atoms with van der Waals surface area (Å²) in [5.41, 5.74) is 2.65. The van der Waals surface area contributed by atoms with Gasteiger partial charge in [-0.15, -0.1) is 0 Å². The molecule has 4 nitrogen and oxygen atoms in total. The highest BCUT2D eigenvalue weighted by Gasteiger charge is 2.22. The molecule has 1 aromatic rings. The van der Waals surface area contributed by atoms with Crippen LogP contribution in [0.1, 0.15) is 35.3 Å². The number of hydrogen-bond acceptors (Lipinski definition) is 3. The molecule has 0 bridgehead atoms. The molecule has 0 N–H and O–H groups in total. The minimum atomic E-state index is -0.410. The van der Waals surface area contributed by atoms with Gasteiger partial charge in [-0.1, -0.05) is 17.7 Å². The molecule has 0 radical (unpaired) electrons. The number of benzene rings is 1. The van der Waals surface area contributed by atoms with Gasteiger partial charge in [0, 0.05) is 11.6 Å². The summed E-state index contributed by atoms with van der Waals surface area (Å²) in [5, 5.41) is 0. The van der Waals surface area contributed by atoms with Gasteiger partial charge in [0.1, 0.15) is 6.54 Å². The van der Waals surface area contributed by atoms with Crippen LogP contribution in [0.15, 0.2) is 18.2 Å². The first-order valence-electron chi connectivity index (χ1n) is 6.31. The molecule has 19 heavy (non-hydrogen) atoms. The van der Waals surface area contributed by atoms with Crippen LogP contribution < -0.4 is 0 Å². The summed E-state index contributed by atoms with van der Waals surface area (Å²) in [5.74, 6) is -0.551. The number of hydrogen-bond donors (Lipinski definition) is 0. The summed E-state index contributed by atoms with van der Waals surface area (Å²) in [4.78, 5) is 25.4. The Labute approximate surface area is 114 Å². The standard InChI is InChI=1S/C15H21NO3/c1-10(2)16(9-14(17)19-5)15(18)13-7-6-11(3)8-12(13)4/h6-8,10H,9H2,1-5H3.